The van der Waals surface area contributed by atoms with Gasteiger partial charge in [-0.1, -0.05) is 0 Å². The highest BCUT2D eigenvalue weighted by Crippen LogP contribution is 2.22. The molecule has 0 amide bonds. The minimum atomic E-state index is -2.63. The molecule has 1 aromatic heterocycles. The van der Waals surface area contributed by atoms with Gasteiger partial charge in [-0.05, 0) is 6.92 Å². The van der Waals surface area contributed by atoms with E-state index in [9.17, 15) is 8.78 Å². The minimum Gasteiger partial charge on any atom is -0.365 e. The highest BCUT2D eigenvalue weighted by atomic mass is 19.3. The average molecular weight is 202 g/mol. The predicted octanol–water partition coefficient (Wildman–Crippen LogP) is 1.17. The summed E-state index contributed by atoms with van der Waals surface area (Å²) in [5, 5.41) is 2.76. The topological polar surface area (TPSA) is 63.8 Å². The lowest BCUT2D eigenvalue weighted by molar-refractivity contribution is 0.146. The van der Waals surface area contributed by atoms with Crippen LogP contribution in [0.2, 0.25) is 0 Å². The van der Waals surface area contributed by atoms with E-state index in [0.717, 1.165) is 0 Å². The second-order valence-corrected chi connectivity index (χ2v) is 2.87. The molecule has 1 heterocycles. The van der Waals surface area contributed by atoms with Crippen molar-refractivity contribution in [3.05, 3.63) is 18.1 Å². The van der Waals surface area contributed by atoms with Crippen LogP contribution in [-0.2, 0) is 0 Å². The summed E-state index contributed by atoms with van der Waals surface area (Å²) in [6.07, 6.45) is -0.0341. The van der Waals surface area contributed by atoms with E-state index in [0.29, 0.717) is 6.54 Å². The first-order valence-corrected chi connectivity index (χ1v) is 4.20. The number of nitrogens with zero attached hydrogens (tertiary/aromatic N) is 2. The number of anilines is 1. The summed E-state index contributed by atoms with van der Waals surface area (Å²) in [5.41, 5.74) is 5.01. The Labute approximate surface area is 80.6 Å². The standard InChI is InChI=1S/C8H12F2N4/c1-5(4-11)14-8-6(7(9)10)12-2-3-13-8/h2-3,5,7H,4,11H2,1H3,(H,13,14). The fraction of sp³-hybridized carbons (Fsp3) is 0.500. The molecule has 0 aliphatic rings. The molecule has 0 aliphatic carbocycles. The fourth-order valence-electron chi connectivity index (χ4n) is 0.912. The van der Waals surface area contributed by atoms with Crippen molar-refractivity contribution in [1.29, 1.82) is 0 Å². The Morgan fingerprint density at radius 3 is 2.64 bits per heavy atom. The Morgan fingerprint density at radius 2 is 2.07 bits per heavy atom. The Morgan fingerprint density at radius 1 is 1.43 bits per heavy atom. The smallest absolute Gasteiger partial charge is 0.283 e. The van der Waals surface area contributed by atoms with Gasteiger partial charge in [0.15, 0.2) is 5.82 Å². The van der Waals surface area contributed by atoms with Gasteiger partial charge in [0.25, 0.3) is 6.43 Å². The van der Waals surface area contributed by atoms with E-state index in [1.54, 1.807) is 6.92 Å². The maximum Gasteiger partial charge on any atom is 0.283 e. The monoisotopic (exact) mass is 202 g/mol. The van der Waals surface area contributed by atoms with Crippen LogP contribution in [0.25, 0.3) is 0 Å². The second-order valence-electron chi connectivity index (χ2n) is 2.87. The van der Waals surface area contributed by atoms with Gasteiger partial charge in [0, 0.05) is 25.0 Å². The molecule has 0 saturated carbocycles. The molecule has 14 heavy (non-hydrogen) atoms. The Hall–Kier alpha value is -1.30. The van der Waals surface area contributed by atoms with Crippen molar-refractivity contribution in [3.63, 3.8) is 0 Å². The fourth-order valence-corrected chi connectivity index (χ4v) is 0.912. The van der Waals surface area contributed by atoms with Gasteiger partial charge in [0.05, 0.1) is 0 Å². The van der Waals surface area contributed by atoms with Crippen LogP contribution in [0.3, 0.4) is 0 Å². The lowest BCUT2D eigenvalue weighted by Gasteiger charge is -2.13. The lowest BCUT2D eigenvalue weighted by atomic mass is 10.3. The molecule has 0 saturated heterocycles. The van der Waals surface area contributed by atoms with Crippen molar-refractivity contribution >= 4 is 5.82 Å². The number of nitrogens with two attached hydrogens (primary N) is 1. The highest BCUT2D eigenvalue weighted by Gasteiger charge is 2.16. The molecule has 0 bridgehead atoms. The summed E-state index contributed by atoms with van der Waals surface area (Å²) >= 11 is 0. The average Bonchev–Trinajstić information content (AvgIpc) is 2.18. The highest BCUT2D eigenvalue weighted by molar-refractivity contribution is 5.40. The maximum atomic E-state index is 12.4. The number of alkyl halides is 2. The van der Waals surface area contributed by atoms with Crippen LogP contribution >= 0.6 is 0 Å². The molecule has 0 aromatic carbocycles. The molecular formula is C8H12F2N4. The predicted molar refractivity (Wildman–Crippen MR) is 49.1 cm³/mol. The van der Waals surface area contributed by atoms with E-state index >= 15 is 0 Å². The van der Waals surface area contributed by atoms with E-state index in [4.69, 9.17) is 5.73 Å². The Bertz CT molecular complexity index is 292. The van der Waals surface area contributed by atoms with E-state index in [-0.39, 0.29) is 17.6 Å². The Kier molecular flexibility index (Phi) is 3.70. The summed E-state index contributed by atoms with van der Waals surface area (Å²) in [6.45, 7) is 2.13. The molecule has 1 atom stereocenters. The molecule has 78 valence electrons. The van der Waals surface area contributed by atoms with Crippen molar-refractivity contribution < 1.29 is 8.78 Å². The first kappa shape index (κ1) is 10.8. The molecule has 1 unspecified atom stereocenters. The molecular weight excluding hydrogens is 190 g/mol. The minimum absolute atomic E-state index is 0.0976. The molecule has 1 aromatic rings. The third kappa shape index (κ3) is 2.59. The summed E-state index contributed by atoms with van der Waals surface area (Å²) in [4.78, 5) is 7.33. The third-order valence-electron chi connectivity index (χ3n) is 1.67. The van der Waals surface area contributed by atoms with E-state index < -0.39 is 6.43 Å². The van der Waals surface area contributed by atoms with Crippen molar-refractivity contribution in [2.45, 2.75) is 19.4 Å². The number of rotatable bonds is 4. The summed E-state index contributed by atoms with van der Waals surface area (Å²) in [7, 11) is 0. The van der Waals surface area contributed by atoms with Crippen molar-refractivity contribution in [2.75, 3.05) is 11.9 Å². The van der Waals surface area contributed by atoms with Gasteiger partial charge in [-0.3, -0.25) is 0 Å². The van der Waals surface area contributed by atoms with Crippen LogP contribution in [0.1, 0.15) is 19.0 Å². The first-order valence-electron chi connectivity index (χ1n) is 4.20. The zero-order valence-corrected chi connectivity index (χ0v) is 7.74. The maximum absolute atomic E-state index is 12.4. The first-order chi connectivity index (χ1) is 6.65. The van der Waals surface area contributed by atoms with Crippen LogP contribution in [0, 0.1) is 0 Å². The van der Waals surface area contributed by atoms with E-state index in [2.05, 4.69) is 15.3 Å². The molecule has 0 fully saturated rings. The summed E-state index contributed by atoms with van der Waals surface area (Å²) in [6, 6.07) is -0.107. The van der Waals surface area contributed by atoms with Crippen LogP contribution < -0.4 is 11.1 Å². The van der Waals surface area contributed by atoms with Crippen LogP contribution in [0.15, 0.2) is 12.4 Å². The van der Waals surface area contributed by atoms with Crippen LogP contribution in [-0.4, -0.2) is 22.6 Å². The molecule has 0 spiro atoms. The van der Waals surface area contributed by atoms with E-state index in [1.165, 1.54) is 12.4 Å². The quantitative estimate of drug-likeness (QED) is 0.769. The van der Waals surface area contributed by atoms with E-state index in [1.807, 2.05) is 0 Å². The van der Waals surface area contributed by atoms with Gasteiger partial charge in [-0.25, -0.2) is 18.7 Å². The number of nitrogens with one attached hydrogen (secondary N) is 1. The number of aromatic nitrogens is 2. The SMILES string of the molecule is CC(CN)Nc1nccnc1C(F)F. The molecule has 6 heteroatoms. The largest absolute Gasteiger partial charge is 0.365 e. The van der Waals surface area contributed by atoms with Crippen molar-refractivity contribution in [1.82, 2.24) is 9.97 Å². The van der Waals surface area contributed by atoms with Crippen LogP contribution in [0.4, 0.5) is 14.6 Å². The second kappa shape index (κ2) is 4.80. The molecule has 0 radical (unpaired) electrons. The zero-order valence-electron chi connectivity index (χ0n) is 7.74. The van der Waals surface area contributed by atoms with Gasteiger partial charge < -0.3 is 11.1 Å². The van der Waals surface area contributed by atoms with Crippen molar-refractivity contribution in [2.24, 2.45) is 5.73 Å². The third-order valence-corrected chi connectivity index (χ3v) is 1.67. The lowest BCUT2D eigenvalue weighted by Crippen LogP contribution is -2.26. The number of hydrogen-bond donors (Lipinski definition) is 2. The Balaban J connectivity index is 2.84. The van der Waals surface area contributed by atoms with Gasteiger partial charge in [-0.2, -0.15) is 0 Å². The normalized spacial score (nSPS) is 12.9. The summed E-state index contributed by atoms with van der Waals surface area (Å²) < 4.78 is 24.8. The number of hydrogen-bond acceptors (Lipinski definition) is 4. The molecule has 0 aliphatic heterocycles. The zero-order chi connectivity index (χ0) is 10.6. The van der Waals surface area contributed by atoms with Gasteiger partial charge in [-0.15, -0.1) is 0 Å². The molecule has 1 rings (SSSR count). The van der Waals surface area contributed by atoms with Gasteiger partial charge in [0.1, 0.15) is 5.69 Å². The molecule has 3 N–H and O–H groups in total. The van der Waals surface area contributed by atoms with Crippen LogP contribution in [0.5, 0.6) is 0 Å². The van der Waals surface area contributed by atoms with Gasteiger partial charge in [0.2, 0.25) is 0 Å². The van der Waals surface area contributed by atoms with Gasteiger partial charge >= 0.3 is 0 Å². The molecule has 4 nitrogen and oxygen atoms in total. The number of halogens is 2. The van der Waals surface area contributed by atoms with Crippen molar-refractivity contribution in [3.8, 4) is 0 Å². The summed E-state index contributed by atoms with van der Waals surface area (Å²) in [5.74, 6) is 0.0976.